The Kier molecular flexibility index (Phi) is 5.99. The number of rotatable bonds is 7. The van der Waals surface area contributed by atoms with Crippen molar-refractivity contribution in [2.24, 2.45) is 0 Å². The van der Waals surface area contributed by atoms with Crippen LogP contribution in [0.15, 0.2) is 48.7 Å². The van der Waals surface area contributed by atoms with Crippen LogP contribution in [0.4, 0.5) is 5.69 Å². The van der Waals surface area contributed by atoms with Gasteiger partial charge < -0.3 is 9.47 Å². The van der Waals surface area contributed by atoms with Crippen LogP contribution in [-0.4, -0.2) is 22.4 Å². The highest BCUT2D eigenvalue weighted by Gasteiger charge is 2.14. The zero-order chi connectivity index (χ0) is 19.1. The molecule has 0 aliphatic heterocycles. The first-order valence-corrected chi connectivity index (χ1v) is 7.46. The van der Waals surface area contributed by atoms with Crippen LogP contribution in [0.3, 0.4) is 0 Å². The van der Waals surface area contributed by atoms with Crippen LogP contribution in [0, 0.1) is 20.2 Å². The average molecular weight is 358 g/mol. The summed E-state index contributed by atoms with van der Waals surface area (Å²) in [5.41, 5.74) is 0.495. The average Bonchev–Trinajstić information content (AvgIpc) is 2.62. The molecular weight excluding hydrogens is 344 g/mol. The molecule has 0 aliphatic rings. The van der Waals surface area contributed by atoms with Crippen molar-refractivity contribution in [2.75, 3.05) is 6.61 Å². The summed E-state index contributed by atoms with van der Waals surface area (Å²) in [7, 11) is 0. The Morgan fingerprint density at radius 2 is 1.77 bits per heavy atom. The maximum Gasteiger partial charge on any atom is 0.343 e. The minimum Gasteiger partial charge on any atom is -0.490 e. The van der Waals surface area contributed by atoms with Crippen molar-refractivity contribution in [2.45, 2.75) is 6.92 Å². The molecule has 0 bridgehead atoms. The highest BCUT2D eigenvalue weighted by molar-refractivity contribution is 5.91. The summed E-state index contributed by atoms with van der Waals surface area (Å²) < 4.78 is 10.7. The van der Waals surface area contributed by atoms with Crippen LogP contribution in [0.5, 0.6) is 11.5 Å². The summed E-state index contributed by atoms with van der Waals surface area (Å²) in [5, 5.41) is 21.0. The van der Waals surface area contributed by atoms with Gasteiger partial charge in [-0.1, -0.05) is 6.07 Å². The van der Waals surface area contributed by atoms with E-state index in [0.29, 0.717) is 12.2 Å². The maximum absolute atomic E-state index is 12.2. The molecule has 2 aromatic rings. The third-order valence-electron chi connectivity index (χ3n) is 3.17. The normalized spacial score (nSPS) is 10.5. The second-order valence-electron chi connectivity index (χ2n) is 4.93. The topological polar surface area (TPSA) is 122 Å². The molecule has 0 unspecified atom stereocenters. The molecule has 26 heavy (non-hydrogen) atoms. The lowest BCUT2D eigenvalue weighted by Crippen LogP contribution is -2.09. The van der Waals surface area contributed by atoms with Crippen LogP contribution in [0.25, 0.3) is 6.08 Å². The van der Waals surface area contributed by atoms with Crippen LogP contribution in [0.1, 0.15) is 22.8 Å². The molecule has 0 N–H and O–H groups in total. The predicted molar refractivity (Wildman–Crippen MR) is 91.7 cm³/mol. The molecule has 0 spiro atoms. The van der Waals surface area contributed by atoms with Crippen molar-refractivity contribution < 1.29 is 24.1 Å². The number of non-ortho nitro benzene ring substituents is 1. The van der Waals surface area contributed by atoms with E-state index >= 15 is 0 Å². The fourth-order valence-corrected chi connectivity index (χ4v) is 2.01. The first-order chi connectivity index (χ1) is 12.4. The largest absolute Gasteiger partial charge is 0.490 e. The molecule has 0 fully saturated rings. The number of carbonyl (C=O) groups is 1. The van der Waals surface area contributed by atoms with Crippen LogP contribution in [0.2, 0.25) is 0 Å². The second kappa shape index (κ2) is 8.38. The van der Waals surface area contributed by atoms with Gasteiger partial charge in [0.2, 0.25) is 6.20 Å². The van der Waals surface area contributed by atoms with Crippen molar-refractivity contribution in [1.29, 1.82) is 0 Å². The molecule has 2 rings (SSSR count). The molecule has 0 radical (unpaired) electrons. The van der Waals surface area contributed by atoms with E-state index in [1.54, 1.807) is 6.92 Å². The van der Waals surface area contributed by atoms with Crippen molar-refractivity contribution in [3.63, 3.8) is 0 Å². The maximum atomic E-state index is 12.2. The van der Waals surface area contributed by atoms with Gasteiger partial charge in [0, 0.05) is 18.2 Å². The smallest absolute Gasteiger partial charge is 0.343 e. The summed E-state index contributed by atoms with van der Waals surface area (Å²) in [5.74, 6) is -0.337. The molecule has 0 saturated carbocycles. The number of nitro benzene ring substituents is 1. The van der Waals surface area contributed by atoms with Crippen molar-refractivity contribution in [1.82, 2.24) is 0 Å². The van der Waals surface area contributed by atoms with E-state index in [9.17, 15) is 25.0 Å². The molecule has 0 aliphatic carbocycles. The van der Waals surface area contributed by atoms with E-state index < -0.39 is 15.8 Å². The van der Waals surface area contributed by atoms with Crippen molar-refractivity contribution in [3.05, 3.63) is 80.0 Å². The lowest BCUT2D eigenvalue weighted by molar-refractivity contribution is -0.400. The third kappa shape index (κ3) is 4.87. The number of benzene rings is 2. The Labute approximate surface area is 147 Å². The first kappa shape index (κ1) is 18.6. The Morgan fingerprint density at radius 1 is 1.08 bits per heavy atom. The number of hydrogen-bond acceptors (Lipinski definition) is 7. The summed E-state index contributed by atoms with van der Waals surface area (Å²) in [6.45, 7) is 2.03. The van der Waals surface area contributed by atoms with E-state index in [2.05, 4.69) is 0 Å². The molecule has 2 aromatic carbocycles. The predicted octanol–water partition coefficient (Wildman–Crippen LogP) is 3.46. The second-order valence-corrected chi connectivity index (χ2v) is 4.93. The highest BCUT2D eigenvalue weighted by Crippen LogP contribution is 2.30. The standard InChI is InChI=1S/C17H14N2O7/c1-2-25-16-11-12(9-10-18(21)22)3-8-15(16)26-17(20)13-4-6-14(7-5-13)19(23)24/h3-11H,2H2,1H3/b10-9-. The number of hydrogen-bond donors (Lipinski definition) is 0. The summed E-state index contributed by atoms with van der Waals surface area (Å²) in [6, 6.07) is 9.46. The Balaban J connectivity index is 2.22. The van der Waals surface area contributed by atoms with Gasteiger partial charge in [-0.2, -0.15) is 0 Å². The number of esters is 1. The van der Waals surface area contributed by atoms with Crippen LogP contribution >= 0.6 is 0 Å². The molecule has 0 saturated heterocycles. The monoisotopic (exact) mass is 358 g/mol. The van der Waals surface area contributed by atoms with E-state index in [-0.39, 0.29) is 22.7 Å². The molecule has 0 atom stereocenters. The van der Waals surface area contributed by atoms with Gasteiger partial charge in [-0.15, -0.1) is 0 Å². The Bertz CT molecular complexity index is 860. The molecule has 0 amide bonds. The van der Waals surface area contributed by atoms with E-state index in [1.165, 1.54) is 48.5 Å². The number of nitrogens with zero attached hydrogens (tertiary/aromatic N) is 2. The SMILES string of the molecule is CCOc1cc(/C=C\[N+](=O)[O-])ccc1OC(=O)c1ccc([N+](=O)[O-])cc1. The lowest BCUT2D eigenvalue weighted by atomic mass is 10.2. The summed E-state index contributed by atoms with van der Waals surface area (Å²) in [4.78, 5) is 32.1. The molecule has 0 heterocycles. The third-order valence-corrected chi connectivity index (χ3v) is 3.17. The molecule has 0 aromatic heterocycles. The molecule has 9 nitrogen and oxygen atoms in total. The summed E-state index contributed by atoms with van der Waals surface area (Å²) in [6.07, 6.45) is 2.07. The summed E-state index contributed by atoms with van der Waals surface area (Å²) >= 11 is 0. The van der Waals surface area contributed by atoms with Gasteiger partial charge in [-0.3, -0.25) is 20.2 Å². The lowest BCUT2D eigenvalue weighted by Gasteiger charge is -2.11. The highest BCUT2D eigenvalue weighted by atomic mass is 16.6. The van der Waals surface area contributed by atoms with Crippen LogP contribution in [-0.2, 0) is 0 Å². The Hall–Kier alpha value is -3.75. The van der Waals surface area contributed by atoms with Crippen molar-refractivity contribution in [3.8, 4) is 11.5 Å². The van der Waals surface area contributed by atoms with Gasteiger partial charge in [0.05, 0.1) is 22.0 Å². The van der Waals surface area contributed by atoms with E-state index in [4.69, 9.17) is 9.47 Å². The van der Waals surface area contributed by atoms with Gasteiger partial charge in [-0.05, 0) is 36.8 Å². The van der Waals surface area contributed by atoms with Gasteiger partial charge >= 0.3 is 5.97 Å². The quantitative estimate of drug-likeness (QED) is 0.321. The first-order valence-electron chi connectivity index (χ1n) is 7.46. The number of carbonyl (C=O) groups excluding carboxylic acids is 1. The molecule has 134 valence electrons. The fraction of sp³-hybridized carbons (Fsp3) is 0.118. The molecular formula is C17H14N2O7. The minimum absolute atomic E-state index is 0.133. The van der Waals surface area contributed by atoms with Gasteiger partial charge in [-0.25, -0.2) is 4.79 Å². The van der Waals surface area contributed by atoms with Gasteiger partial charge in [0.25, 0.3) is 5.69 Å². The number of ether oxygens (including phenoxy) is 2. The zero-order valence-electron chi connectivity index (χ0n) is 13.7. The zero-order valence-corrected chi connectivity index (χ0v) is 13.7. The van der Waals surface area contributed by atoms with Crippen molar-refractivity contribution >= 4 is 17.7 Å². The Morgan fingerprint density at radius 3 is 2.35 bits per heavy atom. The van der Waals surface area contributed by atoms with Crippen LogP contribution < -0.4 is 9.47 Å². The fourth-order valence-electron chi connectivity index (χ4n) is 2.01. The van der Waals surface area contributed by atoms with E-state index in [1.807, 2.05) is 0 Å². The minimum atomic E-state index is -0.713. The van der Waals surface area contributed by atoms with Gasteiger partial charge in [0.15, 0.2) is 11.5 Å². The van der Waals surface area contributed by atoms with E-state index in [0.717, 1.165) is 6.20 Å². The number of nitro groups is 2. The van der Waals surface area contributed by atoms with Gasteiger partial charge in [0.1, 0.15) is 0 Å². The molecule has 9 heteroatoms.